The molecule has 3 rings (SSSR count). The lowest BCUT2D eigenvalue weighted by molar-refractivity contribution is -0.198. The number of benzene rings is 1. The SMILES string of the molecule is COc1cccc([C@@]23CCCCC2N(C)CC(C)O3)c1. The van der Waals surface area contributed by atoms with Crippen LogP contribution in [0.3, 0.4) is 0 Å². The summed E-state index contributed by atoms with van der Waals surface area (Å²) in [7, 11) is 3.97. The number of likely N-dealkylation sites (N-methyl/N-ethyl adjacent to an activating group) is 1. The van der Waals surface area contributed by atoms with E-state index in [0.717, 1.165) is 18.7 Å². The summed E-state index contributed by atoms with van der Waals surface area (Å²) in [4.78, 5) is 2.49. The predicted octanol–water partition coefficient (Wildman–Crippen LogP) is 3.18. The van der Waals surface area contributed by atoms with E-state index in [9.17, 15) is 0 Å². The molecule has 0 spiro atoms. The molecule has 1 saturated heterocycles. The van der Waals surface area contributed by atoms with Crippen molar-refractivity contribution in [3.05, 3.63) is 29.8 Å². The Morgan fingerprint density at radius 2 is 2.20 bits per heavy atom. The molecule has 1 saturated carbocycles. The maximum absolute atomic E-state index is 6.54. The molecule has 0 N–H and O–H groups in total. The molecule has 20 heavy (non-hydrogen) atoms. The number of ether oxygens (including phenoxy) is 2. The molecule has 0 bridgehead atoms. The van der Waals surface area contributed by atoms with Gasteiger partial charge in [0.15, 0.2) is 0 Å². The first kappa shape index (κ1) is 13.9. The molecule has 0 amide bonds. The second kappa shape index (κ2) is 5.38. The standard InChI is InChI=1S/C17H25NO2/c1-13-12-18(2)16-9-4-5-10-17(16,20-13)14-7-6-8-15(11-14)19-3/h6-8,11,13,16H,4-5,9-10,12H2,1-3H3/t13?,16?,17-/m0/s1. The van der Waals surface area contributed by atoms with E-state index in [1.165, 1.54) is 24.8 Å². The Hall–Kier alpha value is -1.06. The lowest BCUT2D eigenvalue weighted by Gasteiger charge is -2.53. The summed E-state index contributed by atoms with van der Waals surface area (Å²) in [5.41, 5.74) is 1.12. The highest BCUT2D eigenvalue weighted by atomic mass is 16.5. The van der Waals surface area contributed by atoms with E-state index >= 15 is 0 Å². The van der Waals surface area contributed by atoms with Crippen molar-refractivity contribution >= 4 is 0 Å². The maximum atomic E-state index is 6.54. The van der Waals surface area contributed by atoms with E-state index in [0.29, 0.717) is 6.04 Å². The molecule has 110 valence electrons. The molecule has 1 heterocycles. The van der Waals surface area contributed by atoms with Gasteiger partial charge < -0.3 is 9.47 Å². The third-order valence-corrected chi connectivity index (χ3v) is 4.86. The highest BCUT2D eigenvalue weighted by Gasteiger charge is 2.49. The first-order chi connectivity index (χ1) is 9.65. The van der Waals surface area contributed by atoms with Gasteiger partial charge in [-0.3, -0.25) is 4.90 Å². The number of methoxy groups -OCH3 is 1. The van der Waals surface area contributed by atoms with Crippen LogP contribution in [0.1, 0.15) is 38.2 Å². The minimum Gasteiger partial charge on any atom is -0.497 e. The summed E-state index contributed by atoms with van der Waals surface area (Å²) >= 11 is 0. The van der Waals surface area contributed by atoms with Crippen LogP contribution in [0.25, 0.3) is 0 Å². The van der Waals surface area contributed by atoms with E-state index in [1.54, 1.807) is 7.11 Å². The number of rotatable bonds is 2. The predicted molar refractivity (Wildman–Crippen MR) is 80.1 cm³/mol. The monoisotopic (exact) mass is 275 g/mol. The molecule has 1 aliphatic heterocycles. The molecule has 3 atom stereocenters. The molecular weight excluding hydrogens is 250 g/mol. The van der Waals surface area contributed by atoms with Crippen LogP contribution < -0.4 is 4.74 Å². The van der Waals surface area contributed by atoms with Gasteiger partial charge in [-0.2, -0.15) is 0 Å². The third-order valence-electron chi connectivity index (χ3n) is 4.86. The van der Waals surface area contributed by atoms with Gasteiger partial charge in [0.2, 0.25) is 0 Å². The summed E-state index contributed by atoms with van der Waals surface area (Å²) < 4.78 is 11.9. The lowest BCUT2D eigenvalue weighted by atomic mass is 9.73. The van der Waals surface area contributed by atoms with Gasteiger partial charge in [-0.25, -0.2) is 0 Å². The first-order valence-corrected chi connectivity index (χ1v) is 7.68. The minimum atomic E-state index is -0.154. The van der Waals surface area contributed by atoms with Crippen LogP contribution in [-0.4, -0.2) is 37.7 Å². The summed E-state index contributed by atoms with van der Waals surface area (Å²) in [6, 6.07) is 8.93. The van der Waals surface area contributed by atoms with Crippen molar-refractivity contribution in [2.24, 2.45) is 0 Å². The van der Waals surface area contributed by atoms with E-state index in [2.05, 4.69) is 37.1 Å². The van der Waals surface area contributed by atoms with Crippen LogP contribution in [0.2, 0.25) is 0 Å². The van der Waals surface area contributed by atoms with Crippen LogP contribution in [0.4, 0.5) is 0 Å². The lowest BCUT2D eigenvalue weighted by Crippen LogP contribution is -2.60. The fraction of sp³-hybridized carbons (Fsp3) is 0.647. The Morgan fingerprint density at radius 3 is 3.00 bits per heavy atom. The first-order valence-electron chi connectivity index (χ1n) is 7.68. The van der Waals surface area contributed by atoms with E-state index < -0.39 is 0 Å². The highest BCUT2D eigenvalue weighted by molar-refractivity contribution is 5.34. The second-order valence-corrected chi connectivity index (χ2v) is 6.25. The van der Waals surface area contributed by atoms with Gasteiger partial charge in [0.25, 0.3) is 0 Å². The summed E-state index contributed by atoms with van der Waals surface area (Å²) in [6.45, 7) is 3.21. The van der Waals surface area contributed by atoms with Gasteiger partial charge in [0.05, 0.1) is 13.2 Å². The van der Waals surface area contributed by atoms with Crippen LogP contribution in [-0.2, 0) is 10.3 Å². The van der Waals surface area contributed by atoms with Crippen molar-refractivity contribution in [2.45, 2.75) is 50.4 Å². The number of fused-ring (bicyclic) bond motifs is 1. The van der Waals surface area contributed by atoms with Crippen LogP contribution in [0, 0.1) is 0 Å². The summed E-state index contributed by atoms with van der Waals surface area (Å²) in [5.74, 6) is 0.922. The second-order valence-electron chi connectivity index (χ2n) is 6.25. The molecule has 0 aromatic heterocycles. The Bertz CT molecular complexity index is 476. The molecule has 3 heteroatoms. The van der Waals surface area contributed by atoms with Crippen molar-refractivity contribution in [3.8, 4) is 5.75 Å². The number of hydrogen-bond donors (Lipinski definition) is 0. The van der Waals surface area contributed by atoms with Crippen molar-refractivity contribution < 1.29 is 9.47 Å². The molecular formula is C17H25NO2. The topological polar surface area (TPSA) is 21.7 Å². The van der Waals surface area contributed by atoms with Crippen molar-refractivity contribution in [2.75, 3.05) is 20.7 Å². The van der Waals surface area contributed by atoms with Crippen LogP contribution in [0.15, 0.2) is 24.3 Å². The average Bonchev–Trinajstić information content (AvgIpc) is 2.47. The Kier molecular flexibility index (Phi) is 3.74. The zero-order chi connectivity index (χ0) is 14.2. The van der Waals surface area contributed by atoms with E-state index in [-0.39, 0.29) is 11.7 Å². The van der Waals surface area contributed by atoms with Crippen molar-refractivity contribution in [1.29, 1.82) is 0 Å². The van der Waals surface area contributed by atoms with Gasteiger partial charge in [-0.05, 0) is 44.5 Å². The van der Waals surface area contributed by atoms with Gasteiger partial charge in [0, 0.05) is 12.6 Å². The van der Waals surface area contributed by atoms with Gasteiger partial charge in [-0.1, -0.05) is 25.0 Å². The minimum absolute atomic E-state index is 0.154. The number of hydrogen-bond acceptors (Lipinski definition) is 3. The molecule has 2 unspecified atom stereocenters. The molecule has 2 aliphatic rings. The van der Waals surface area contributed by atoms with Crippen LogP contribution in [0.5, 0.6) is 5.75 Å². The van der Waals surface area contributed by atoms with Gasteiger partial charge >= 0.3 is 0 Å². The number of morpholine rings is 1. The third kappa shape index (κ3) is 2.23. The Morgan fingerprint density at radius 1 is 1.35 bits per heavy atom. The molecule has 2 fully saturated rings. The molecule has 1 aliphatic carbocycles. The highest BCUT2D eigenvalue weighted by Crippen LogP contribution is 2.46. The normalized spacial score (nSPS) is 34.5. The van der Waals surface area contributed by atoms with Crippen molar-refractivity contribution in [3.63, 3.8) is 0 Å². The quantitative estimate of drug-likeness (QED) is 0.827. The Labute approximate surface area is 121 Å². The zero-order valence-electron chi connectivity index (χ0n) is 12.8. The zero-order valence-corrected chi connectivity index (χ0v) is 12.8. The number of nitrogens with zero attached hydrogens (tertiary/aromatic N) is 1. The molecule has 1 aromatic carbocycles. The average molecular weight is 275 g/mol. The van der Waals surface area contributed by atoms with Gasteiger partial charge in [0.1, 0.15) is 11.4 Å². The fourth-order valence-corrected chi connectivity index (χ4v) is 4.06. The summed E-state index contributed by atoms with van der Waals surface area (Å²) in [5, 5.41) is 0. The Balaban J connectivity index is 2.03. The van der Waals surface area contributed by atoms with E-state index in [4.69, 9.17) is 9.47 Å². The maximum Gasteiger partial charge on any atom is 0.119 e. The van der Waals surface area contributed by atoms with Crippen LogP contribution >= 0.6 is 0 Å². The van der Waals surface area contributed by atoms with Crippen molar-refractivity contribution in [1.82, 2.24) is 4.90 Å². The molecule has 0 radical (unpaired) electrons. The van der Waals surface area contributed by atoms with E-state index in [1.807, 2.05) is 6.07 Å². The molecule has 3 nitrogen and oxygen atoms in total. The fourth-order valence-electron chi connectivity index (χ4n) is 4.06. The van der Waals surface area contributed by atoms with Gasteiger partial charge in [-0.15, -0.1) is 0 Å². The summed E-state index contributed by atoms with van der Waals surface area (Å²) in [6.07, 6.45) is 5.16. The smallest absolute Gasteiger partial charge is 0.119 e. The molecule has 1 aromatic rings. The largest absolute Gasteiger partial charge is 0.497 e.